The predicted octanol–water partition coefficient (Wildman–Crippen LogP) is 2.61. The van der Waals surface area contributed by atoms with E-state index in [1.54, 1.807) is 24.3 Å². The van der Waals surface area contributed by atoms with Gasteiger partial charge >= 0.3 is 0 Å². The molecule has 0 spiro atoms. The highest BCUT2D eigenvalue weighted by Gasteiger charge is 2.13. The number of morpholine rings is 1. The average molecular weight is 424 g/mol. The normalized spacial score (nSPS) is 14.6. The van der Waals surface area contributed by atoms with Gasteiger partial charge in [0.05, 0.1) is 29.8 Å². The lowest BCUT2D eigenvalue weighted by Crippen LogP contribution is -3.14. The van der Waals surface area contributed by atoms with E-state index in [-0.39, 0.29) is 5.91 Å². The number of hydrogen-bond acceptors (Lipinski definition) is 3. The third kappa shape index (κ3) is 6.38. The summed E-state index contributed by atoms with van der Waals surface area (Å²) < 4.78 is 11.1. The molecule has 5 nitrogen and oxygen atoms in total. The summed E-state index contributed by atoms with van der Waals surface area (Å²) >= 11 is 11.9. The van der Waals surface area contributed by atoms with Gasteiger partial charge in [0, 0.05) is 18.5 Å². The fraction of sp³-hybridized carbons (Fsp3) is 0.381. The summed E-state index contributed by atoms with van der Waals surface area (Å²) in [4.78, 5) is 13.9. The molecule has 7 heteroatoms. The standard InChI is InChI=1S/C21H24Cl2N2O3/c22-19-6-5-16(13-20(19)23)15-28-18-4-1-3-17(14-18)21(26)24-7-2-8-25-9-11-27-12-10-25/h1,3-6,13-14H,2,7-12,15H2,(H,24,26)/p+1. The highest BCUT2D eigenvalue weighted by molar-refractivity contribution is 6.42. The fourth-order valence-corrected chi connectivity index (χ4v) is 3.40. The Hall–Kier alpha value is -1.79. The smallest absolute Gasteiger partial charge is 0.251 e. The minimum absolute atomic E-state index is 0.0861. The van der Waals surface area contributed by atoms with E-state index < -0.39 is 0 Å². The van der Waals surface area contributed by atoms with Crippen LogP contribution in [0.1, 0.15) is 22.3 Å². The van der Waals surface area contributed by atoms with Crippen molar-refractivity contribution in [3.63, 3.8) is 0 Å². The van der Waals surface area contributed by atoms with Crippen molar-refractivity contribution in [3.8, 4) is 5.75 Å². The van der Waals surface area contributed by atoms with Gasteiger partial charge in [-0.2, -0.15) is 0 Å². The Balaban J connectivity index is 1.45. The number of halogens is 2. The molecule has 28 heavy (non-hydrogen) atoms. The molecule has 2 aromatic rings. The first kappa shape index (κ1) is 20.9. The van der Waals surface area contributed by atoms with E-state index in [0.29, 0.717) is 34.5 Å². The lowest BCUT2D eigenvalue weighted by atomic mass is 10.2. The quantitative estimate of drug-likeness (QED) is 0.641. The van der Waals surface area contributed by atoms with Gasteiger partial charge in [-0.25, -0.2) is 0 Å². The summed E-state index contributed by atoms with van der Waals surface area (Å²) in [6.45, 7) is 5.82. The number of quaternary nitrogens is 1. The van der Waals surface area contributed by atoms with Crippen molar-refractivity contribution < 1.29 is 19.2 Å². The molecule has 1 saturated heterocycles. The van der Waals surface area contributed by atoms with Gasteiger partial charge < -0.3 is 19.7 Å². The molecular formula is C21H25Cl2N2O3+. The summed E-state index contributed by atoms with van der Waals surface area (Å²) in [7, 11) is 0. The zero-order valence-corrected chi connectivity index (χ0v) is 17.2. The van der Waals surface area contributed by atoms with E-state index in [9.17, 15) is 4.79 Å². The summed E-state index contributed by atoms with van der Waals surface area (Å²) in [6.07, 6.45) is 0.953. The van der Waals surface area contributed by atoms with Gasteiger partial charge in [0.1, 0.15) is 25.4 Å². The van der Waals surface area contributed by atoms with Crippen LogP contribution in [0.5, 0.6) is 5.75 Å². The van der Waals surface area contributed by atoms with Crippen LogP contribution in [0.3, 0.4) is 0 Å². The topological polar surface area (TPSA) is 52.0 Å². The Morgan fingerprint density at radius 2 is 1.93 bits per heavy atom. The molecule has 1 fully saturated rings. The van der Waals surface area contributed by atoms with Gasteiger partial charge in [-0.05, 0) is 35.9 Å². The maximum absolute atomic E-state index is 12.4. The fourth-order valence-electron chi connectivity index (χ4n) is 3.08. The zero-order chi connectivity index (χ0) is 19.8. The van der Waals surface area contributed by atoms with Crippen LogP contribution in [0.4, 0.5) is 0 Å². The Bertz CT molecular complexity index is 795. The minimum Gasteiger partial charge on any atom is -0.489 e. The minimum atomic E-state index is -0.0861. The second-order valence-corrected chi connectivity index (χ2v) is 7.60. The first-order chi connectivity index (χ1) is 13.6. The number of amides is 1. The van der Waals surface area contributed by atoms with Gasteiger partial charge in [0.15, 0.2) is 0 Å². The molecule has 3 rings (SSSR count). The van der Waals surface area contributed by atoms with Crippen LogP contribution in [0.15, 0.2) is 42.5 Å². The van der Waals surface area contributed by atoms with Crippen LogP contribution < -0.4 is 15.0 Å². The van der Waals surface area contributed by atoms with Crippen molar-refractivity contribution >= 4 is 29.1 Å². The predicted molar refractivity (Wildman–Crippen MR) is 111 cm³/mol. The van der Waals surface area contributed by atoms with Crippen LogP contribution in [-0.4, -0.2) is 45.3 Å². The molecule has 1 aliphatic rings. The van der Waals surface area contributed by atoms with Crippen LogP contribution in [0, 0.1) is 0 Å². The highest BCUT2D eigenvalue weighted by Crippen LogP contribution is 2.23. The van der Waals surface area contributed by atoms with Crippen LogP contribution in [0.25, 0.3) is 0 Å². The first-order valence-electron chi connectivity index (χ1n) is 9.48. The third-order valence-corrected chi connectivity index (χ3v) is 5.42. The number of carbonyl (C=O) groups is 1. The molecule has 2 N–H and O–H groups in total. The van der Waals surface area contributed by atoms with Gasteiger partial charge in [-0.3, -0.25) is 4.79 Å². The molecule has 0 unspecified atom stereocenters. The van der Waals surface area contributed by atoms with Crippen molar-refractivity contribution in [1.82, 2.24) is 5.32 Å². The van der Waals surface area contributed by atoms with Crippen molar-refractivity contribution in [2.24, 2.45) is 0 Å². The third-order valence-electron chi connectivity index (χ3n) is 4.68. The molecule has 1 amide bonds. The molecular weight excluding hydrogens is 399 g/mol. The molecule has 1 aliphatic heterocycles. The van der Waals surface area contributed by atoms with Gasteiger partial charge in [-0.1, -0.05) is 35.3 Å². The van der Waals surface area contributed by atoms with Gasteiger partial charge in [0.2, 0.25) is 0 Å². The maximum atomic E-state index is 12.4. The Morgan fingerprint density at radius 3 is 2.71 bits per heavy atom. The molecule has 0 bridgehead atoms. The van der Waals surface area contributed by atoms with Gasteiger partial charge in [0.25, 0.3) is 5.91 Å². The van der Waals surface area contributed by atoms with E-state index in [1.807, 2.05) is 18.2 Å². The monoisotopic (exact) mass is 423 g/mol. The van der Waals surface area contributed by atoms with E-state index >= 15 is 0 Å². The molecule has 0 atom stereocenters. The number of benzene rings is 2. The molecule has 2 aromatic carbocycles. The van der Waals surface area contributed by atoms with E-state index in [0.717, 1.165) is 44.8 Å². The van der Waals surface area contributed by atoms with Crippen LogP contribution in [-0.2, 0) is 11.3 Å². The Morgan fingerprint density at radius 1 is 1.11 bits per heavy atom. The zero-order valence-electron chi connectivity index (χ0n) is 15.7. The molecule has 0 aliphatic carbocycles. The molecule has 0 aromatic heterocycles. The van der Waals surface area contributed by atoms with E-state index in [1.165, 1.54) is 4.90 Å². The molecule has 150 valence electrons. The number of nitrogens with one attached hydrogen (secondary N) is 2. The number of hydrogen-bond donors (Lipinski definition) is 2. The molecule has 0 radical (unpaired) electrons. The van der Waals surface area contributed by atoms with Crippen LogP contribution in [0.2, 0.25) is 10.0 Å². The lowest BCUT2D eigenvalue weighted by Gasteiger charge is -2.23. The Labute approximate surface area is 175 Å². The molecule has 1 heterocycles. The second-order valence-electron chi connectivity index (χ2n) is 6.79. The average Bonchev–Trinajstić information content (AvgIpc) is 2.73. The summed E-state index contributed by atoms with van der Waals surface area (Å²) in [5.74, 6) is 0.549. The highest BCUT2D eigenvalue weighted by atomic mass is 35.5. The van der Waals surface area contributed by atoms with Gasteiger partial charge in [-0.15, -0.1) is 0 Å². The Kier molecular flexibility index (Phi) is 7.98. The molecule has 0 saturated carbocycles. The largest absolute Gasteiger partial charge is 0.489 e. The van der Waals surface area contributed by atoms with E-state index in [4.69, 9.17) is 32.7 Å². The van der Waals surface area contributed by atoms with Crippen molar-refractivity contribution in [2.75, 3.05) is 39.4 Å². The first-order valence-corrected chi connectivity index (χ1v) is 10.2. The number of ether oxygens (including phenoxy) is 2. The van der Waals surface area contributed by atoms with Crippen molar-refractivity contribution in [3.05, 3.63) is 63.6 Å². The maximum Gasteiger partial charge on any atom is 0.251 e. The second kappa shape index (κ2) is 10.7. The summed E-state index contributed by atoms with van der Waals surface area (Å²) in [5.41, 5.74) is 1.50. The summed E-state index contributed by atoms with van der Waals surface area (Å²) in [5, 5.41) is 3.99. The SMILES string of the molecule is O=C(NCCC[NH+]1CCOCC1)c1cccc(OCc2ccc(Cl)c(Cl)c2)c1. The van der Waals surface area contributed by atoms with Crippen LogP contribution >= 0.6 is 23.2 Å². The van der Waals surface area contributed by atoms with E-state index in [2.05, 4.69) is 5.32 Å². The van der Waals surface area contributed by atoms with Crippen molar-refractivity contribution in [1.29, 1.82) is 0 Å². The lowest BCUT2D eigenvalue weighted by molar-refractivity contribution is -0.908. The number of carbonyl (C=O) groups excluding carboxylic acids is 1. The number of rotatable bonds is 8. The summed E-state index contributed by atoms with van der Waals surface area (Å²) in [6, 6.07) is 12.6. The van der Waals surface area contributed by atoms with Crippen molar-refractivity contribution in [2.45, 2.75) is 13.0 Å².